The molecule has 0 amide bonds. The Bertz CT molecular complexity index is 763. The van der Waals surface area contributed by atoms with Crippen molar-refractivity contribution in [3.63, 3.8) is 0 Å². The van der Waals surface area contributed by atoms with E-state index < -0.39 is 0 Å². The molecule has 29 heavy (non-hydrogen) atoms. The highest BCUT2D eigenvalue weighted by atomic mass is 19.1. The number of rotatable bonds is 8. The molecule has 2 aromatic rings. The molecule has 0 N–H and O–H groups in total. The van der Waals surface area contributed by atoms with Crippen molar-refractivity contribution in [3.05, 3.63) is 47.4 Å². The van der Waals surface area contributed by atoms with Crippen molar-refractivity contribution in [2.75, 3.05) is 33.0 Å². The largest absolute Gasteiger partial charge is 0.381 e. The summed E-state index contributed by atoms with van der Waals surface area (Å²) < 4.78 is 30.3. The molecule has 0 radical (unpaired) electrons. The smallest absolute Gasteiger partial charge is 0.244 e. The summed E-state index contributed by atoms with van der Waals surface area (Å²) in [5.74, 6) is 1.77. The van der Waals surface area contributed by atoms with Crippen molar-refractivity contribution in [2.45, 2.75) is 51.1 Å². The average molecular weight is 403 g/mol. The fourth-order valence-corrected chi connectivity index (χ4v) is 4.16. The zero-order chi connectivity index (χ0) is 19.9. The number of nitrogens with zero attached hydrogens (tertiary/aromatic N) is 3. The highest BCUT2D eigenvalue weighted by molar-refractivity contribution is 5.16. The van der Waals surface area contributed by atoms with Crippen molar-refractivity contribution in [1.29, 1.82) is 0 Å². The van der Waals surface area contributed by atoms with Gasteiger partial charge in [-0.2, -0.15) is 4.98 Å². The predicted octanol–water partition coefficient (Wildman–Crippen LogP) is 3.92. The molecular weight excluding hydrogens is 373 g/mol. The van der Waals surface area contributed by atoms with Crippen LogP contribution in [-0.4, -0.2) is 48.0 Å². The molecule has 0 spiro atoms. The summed E-state index contributed by atoms with van der Waals surface area (Å²) in [6.07, 6.45) is 6.06. The van der Waals surface area contributed by atoms with Crippen LogP contribution < -0.4 is 0 Å². The van der Waals surface area contributed by atoms with E-state index >= 15 is 0 Å². The molecule has 0 aliphatic carbocycles. The van der Waals surface area contributed by atoms with Crippen LogP contribution in [0.1, 0.15) is 55.4 Å². The monoisotopic (exact) mass is 403 g/mol. The SMILES string of the molecule is Fc1cccc(CN2CCCCC2c2nc(CCOCC3CCOCC3)no2)c1. The molecule has 2 aliphatic rings. The van der Waals surface area contributed by atoms with Gasteiger partial charge in [-0.25, -0.2) is 4.39 Å². The third kappa shape index (κ3) is 5.84. The highest BCUT2D eigenvalue weighted by Gasteiger charge is 2.28. The van der Waals surface area contributed by atoms with E-state index in [0.717, 1.165) is 64.0 Å². The first-order chi connectivity index (χ1) is 14.3. The van der Waals surface area contributed by atoms with Gasteiger partial charge in [0.05, 0.1) is 12.6 Å². The number of hydrogen-bond acceptors (Lipinski definition) is 6. The number of aromatic nitrogens is 2. The maximum absolute atomic E-state index is 13.5. The van der Waals surface area contributed by atoms with Gasteiger partial charge in [0.25, 0.3) is 0 Å². The Morgan fingerprint density at radius 3 is 2.93 bits per heavy atom. The van der Waals surface area contributed by atoms with Crippen LogP contribution in [-0.2, 0) is 22.4 Å². The fourth-order valence-electron chi connectivity index (χ4n) is 4.16. The van der Waals surface area contributed by atoms with Gasteiger partial charge in [-0.1, -0.05) is 23.7 Å². The molecule has 1 atom stereocenters. The Morgan fingerprint density at radius 1 is 1.17 bits per heavy atom. The lowest BCUT2D eigenvalue weighted by Crippen LogP contribution is -2.33. The van der Waals surface area contributed by atoms with E-state index in [1.165, 1.54) is 6.07 Å². The highest BCUT2D eigenvalue weighted by Crippen LogP contribution is 2.31. The van der Waals surface area contributed by atoms with Gasteiger partial charge in [0.15, 0.2) is 5.82 Å². The Hall–Kier alpha value is -1.83. The zero-order valence-corrected chi connectivity index (χ0v) is 16.9. The first kappa shape index (κ1) is 20.4. The summed E-state index contributed by atoms with van der Waals surface area (Å²) in [4.78, 5) is 6.95. The van der Waals surface area contributed by atoms with E-state index in [-0.39, 0.29) is 11.9 Å². The lowest BCUT2D eigenvalue weighted by molar-refractivity contribution is 0.0211. The lowest BCUT2D eigenvalue weighted by atomic mass is 10.0. The maximum Gasteiger partial charge on any atom is 0.244 e. The predicted molar refractivity (Wildman–Crippen MR) is 106 cm³/mol. The Balaban J connectivity index is 1.29. The molecule has 4 rings (SSSR count). The van der Waals surface area contributed by atoms with Crippen LogP contribution in [0, 0.1) is 11.7 Å². The first-order valence-electron chi connectivity index (χ1n) is 10.7. The molecule has 3 heterocycles. The normalized spacial score (nSPS) is 21.5. The number of benzene rings is 1. The van der Waals surface area contributed by atoms with Gasteiger partial charge >= 0.3 is 0 Å². The summed E-state index contributed by atoms with van der Waals surface area (Å²) in [7, 11) is 0. The van der Waals surface area contributed by atoms with E-state index in [1.807, 2.05) is 6.07 Å². The van der Waals surface area contributed by atoms with Crippen LogP contribution in [0.2, 0.25) is 0 Å². The topological polar surface area (TPSA) is 60.6 Å². The van der Waals surface area contributed by atoms with Gasteiger partial charge in [0.1, 0.15) is 5.82 Å². The van der Waals surface area contributed by atoms with Crippen LogP contribution in [0.15, 0.2) is 28.8 Å². The number of halogens is 1. The molecule has 6 nitrogen and oxygen atoms in total. The number of hydrogen-bond donors (Lipinski definition) is 0. The summed E-state index contributed by atoms with van der Waals surface area (Å²) >= 11 is 0. The molecule has 0 bridgehead atoms. The quantitative estimate of drug-likeness (QED) is 0.623. The van der Waals surface area contributed by atoms with E-state index in [0.29, 0.717) is 37.2 Å². The molecule has 0 saturated carbocycles. The van der Waals surface area contributed by atoms with Gasteiger partial charge in [0, 0.05) is 32.8 Å². The molecule has 2 saturated heterocycles. The van der Waals surface area contributed by atoms with Crippen molar-refractivity contribution in [2.24, 2.45) is 5.92 Å². The summed E-state index contributed by atoms with van der Waals surface area (Å²) in [6.45, 7) is 4.71. The van der Waals surface area contributed by atoms with E-state index in [2.05, 4.69) is 15.0 Å². The molecule has 2 fully saturated rings. The standard InChI is InChI=1S/C22H30FN3O3/c23-19-5-3-4-18(14-19)15-26-10-2-1-6-20(26)22-24-21(25-29-22)9-13-28-16-17-7-11-27-12-8-17/h3-5,14,17,20H,1-2,6-13,15-16H2. The molecule has 1 aromatic carbocycles. The van der Waals surface area contributed by atoms with Crippen molar-refractivity contribution < 1.29 is 18.4 Å². The van der Waals surface area contributed by atoms with Crippen LogP contribution >= 0.6 is 0 Å². The number of piperidine rings is 1. The second-order valence-corrected chi connectivity index (χ2v) is 8.04. The molecule has 158 valence electrons. The van der Waals surface area contributed by atoms with Gasteiger partial charge in [0.2, 0.25) is 5.89 Å². The Labute approximate surface area is 171 Å². The minimum Gasteiger partial charge on any atom is -0.381 e. The van der Waals surface area contributed by atoms with E-state index in [4.69, 9.17) is 14.0 Å². The zero-order valence-electron chi connectivity index (χ0n) is 16.9. The Kier molecular flexibility index (Phi) is 7.24. The van der Waals surface area contributed by atoms with Gasteiger partial charge < -0.3 is 14.0 Å². The van der Waals surface area contributed by atoms with Gasteiger partial charge in [-0.3, -0.25) is 4.90 Å². The van der Waals surface area contributed by atoms with E-state index in [9.17, 15) is 4.39 Å². The second-order valence-electron chi connectivity index (χ2n) is 8.04. The number of likely N-dealkylation sites (tertiary alicyclic amines) is 1. The molecular formula is C22H30FN3O3. The summed E-state index contributed by atoms with van der Waals surface area (Å²) in [5, 5.41) is 4.16. The fraction of sp³-hybridized carbons (Fsp3) is 0.636. The molecule has 1 unspecified atom stereocenters. The average Bonchev–Trinajstić information content (AvgIpc) is 3.21. The van der Waals surface area contributed by atoms with E-state index in [1.54, 1.807) is 12.1 Å². The van der Waals surface area contributed by atoms with Crippen LogP contribution in [0.4, 0.5) is 4.39 Å². The van der Waals surface area contributed by atoms with Gasteiger partial charge in [-0.05, 0) is 55.8 Å². The lowest BCUT2D eigenvalue weighted by Gasteiger charge is -2.33. The number of ether oxygens (including phenoxy) is 2. The summed E-state index contributed by atoms with van der Waals surface area (Å²) in [5.41, 5.74) is 0.971. The second kappa shape index (κ2) is 10.3. The summed E-state index contributed by atoms with van der Waals surface area (Å²) in [6, 6.07) is 6.89. The third-order valence-electron chi connectivity index (χ3n) is 5.82. The van der Waals surface area contributed by atoms with Crippen molar-refractivity contribution >= 4 is 0 Å². The Morgan fingerprint density at radius 2 is 2.07 bits per heavy atom. The van der Waals surface area contributed by atoms with Crippen LogP contribution in [0.5, 0.6) is 0 Å². The van der Waals surface area contributed by atoms with Crippen molar-refractivity contribution in [3.8, 4) is 0 Å². The first-order valence-corrected chi connectivity index (χ1v) is 10.7. The maximum atomic E-state index is 13.5. The molecule has 2 aliphatic heterocycles. The third-order valence-corrected chi connectivity index (χ3v) is 5.82. The minimum absolute atomic E-state index is 0.0939. The molecule has 7 heteroatoms. The van der Waals surface area contributed by atoms with Crippen molar-refractivity contribution in [1.82, 2.24) is 15.0 Å². The minimum atomic E-state index is -0.197. The van der Waals surface area contributed by atoms with Crippen LogP contribution in [0.3, 0.4) is 0 Å². The van der Waals surface area contributed by atoms with Gasteiger partial charge in [-0.15, -0.1) is 0 Å². The molecule has 1 aromatic heterocycles. The van der Waals surface area contributed by atoms with Crippen LogP contribution in [0.25, 0.3) is 0 Å².